The molecule has 1 aromatic carbocycles. The van der Waals surface area contributed by atoms with Gasteiger partial charge in [-0.15, -0.1) is 0 Å². The molecular weight excluding hydrogens is 262 g/mol. The molecule has 0 aromatic heterocycles. The summed E-state index contributed by atoms with van der Waals surface area (Å²) in [6.07, 6.45) is 2.82. The van der Waals surface area contributed by atoms with Gasteiger partial charge in [-0.05, 0) is 36.6 Å². The lowest BCUT2D eigenvalue weighted by molar-refractivity contribution is -0.0980. The van der Waals surface area contributed by atoms with E-state index >= 15 is 0 Å². The molecule has 4 heteroatoms. The number of benzene rings is 1. The Morgan fingerprint density at radius 1 is 1.37 bits per heavy atom. The van der Waals surface area contributed by atoms with Crippen LogP contribution in [-0.2, 0) is 11.2 Å². The first-order valence-corrected chi connectivity index (χ1v) is 7.35. The summed E-state index contributed by atoms with van der Waals surface area (Å²) in [6.45, 7) is 4.91. The molecule has 0 spiro atoms. The molecule has 0 heterocycles. The van der Waals surface area contributed by atoms with Crippen molar-refractivity contribution in [2.24, 2.45) is 5.73 Å². The van der Waals surface area contributed by atoms with Crippen molar-refractivity contribution in [2.45, 2.75) is 51.4 Å². The number of halogens is 1. The highest BCUT2D eigenvalue weighted by Crippen LogP contribution is 2.30. The quantitative estimate of drug-likeness (QED) is 0.872. The zero-order valence-electron chi connectivity index (χ0n) is 11.6. The third-order valence-corrected chi connectivity index (χ3v) is 3.86. The average Bonchev–Trinajstić information content (AvgIpc) is 2.40. The highest BCUT2D eigenvalue weighted by Gasteiger charge is 2.41. The van der Waals surface area contributed by atoms with Crippen LogP contribution in [0.25, 0.3) is 0 Å². The standard InChI is InChI=1S/C15H22ClNO2/c1-3-7-18-15-13(17)9-14(15)19-11-5-6-12(16)10(4-2)8-11/h5-6,8,13-15H,3-4,7,9,17H2,1-2H3. The molecule has 0 bridgehead atoms. The second-order valence-electron chi connectivity index (χ2n) is 5.00. The predicted molar refractivity (Wildman–Crippen MR) is 77.9 cm³/mol. The van der Waals surface area contributed by atoms with Crippen LogP contribution in [-0.4, -0.2) is 24.9 Å². The van der Waals surface area contributed by atoms with Crippen LogP contribution in [0.15, 0.2) is 18.2 Å². The van der Waals surface area contributed by atoms with Gasteiger partial charge in [0, 0.05) is 24.1 Å². The van der Waals surface area contributed by atoms with Gasteiger partial charge in [-0.2, -0.15) is 0 Å². The van der Waals surface area contributed by atoms with E-state index in [9.17, 15) is 0 Å². The number of hydrogen-bond donors (Lipinski definition) is 1. The van der Waals surface area contributed by atoms with Crippen LogP contribution in [0.4, 0.5) is 0 Å². The molecule has 3 atom stereocenters. The van der Waals surface area contributed by atoms with Crippen LogP contribution in [0.2, 0.25) is 5.02 Å². The Kier molecular flexibility index (Phi) is 5.08. The smallest absolute Gasteiger partial charge is 0.128 e. The molecule has 106 valence electrons. The molecule has 0 aliphatic heterocycles. The summed E-state index contributed by atoms with van der Waals surface area (Å²) in [5.74, 6) is 0.850. The molecule has 0 saturated heterocycles. The molecule has 1 aromatic rings. The first-order chi connectivity index (χ1) is 9.15. The summed E-state index contributed by atoms with van der Waals surface area (Å²) in [5, 5.41) is 0.791. The molecule has 1 fully saturated rings. The van der Waals surface area contributed by atoms with E-state index in [1.54, 1.807) is 0 Å². The molecule has 0 amide bonds. The van der Waals surface area contributed by atoms with Gasteiger partial charge < -0.3 is 15.2 Å². The van der Waals surface area contributed by atoms with Crippen molar-refractivity contribution >= 4 is 11.6 Å². The summed E-state index contributed by atoms with van der Waals surface area (Å²) >= 11 is 6.10. The molecule has 19 heavy (non-hydrogen) atoms. The van der Waals surface area contributed by atoms with Crippen LogP contribution in [0.3, 0.4) is 0 Å². The van der Waals surface area contributed by atoms with Gasteiger partial charge in [0.1, 0.15) is 18.0 Å². The minimum Gasteiger partial charge on any atom is -0.488 e. The zero-order valence-corrected chi connectivity index (χ0v) is 12.3. The predicted octanol–water partition coefficient (Wildman–Crippen LogP) is 3.18. The Morgan fingerprint density at radius 3 is 2.79 bits per heavy atom. The van der Waals surface area contributed by atoms with E-state index in [0.717, 1.165) is 42.2 Å². The van der Waals surface area contributed by atoms with Crippen LogP contribution in [0, 0.1) is 0 Å². The molecular formula is C15H22ClNO2. The second-order valence-corrected chi connectivity index (χ2v) is 5.41. The maximum absolute atomic E-state index is 6.10. The molecule has 2 N–H and O–H groups in total. The van der Waals surface area contributed by atoms with Gasteiger partial charge in [-0.1, -0.05) is 25.4 Å². The number of nitrogens with two attached hydrogens (primary N) is 1. The number of ether oxygens (including phenoxy) is 2. The van der Waals surface area contributed by atoms with Crippen LogP contribution < -0.4 is 10.5 Å². The fourth-order valence-electron chi connectivity index (χ4n) is 2.29. The SMILES string of the molecule is CCCOC1C(N)CC1Oc1ccc(Cl)c(CC)c1. The highest BCUT2D eigenvalue weighted by atomic mass is 35.5. The summed E-state index contributed by atoms with van der Waals surface area (Å²) in [4.78, 5) is 0. The summed E-state index contributed by atoms with van der Waals surface area (Å²) < 4.78 is 11.7. The molecule has 1 aliphatic carbocycles. The first kappa shape index (κ1) is 14.6. The summed E-state index contributed by atoms with van der Waals surface area (Å²) in [6, 6.07) is 5.89. The summed E-state index contributed by atoms with van der Waals surface area (Å²) in [7, 11) is 0. The first-order valence-electron chi connectivity index (χ1n) is 6.98. The van der Waals surface area contributed by atoms with Crippen LogP contribution in [0.5, 0.6) is 5.75 Å². The van der Waals surface area contributed by atoms with Crippen molar-refractivity contribution in [1.82, 2.24) is 0 Å². The maximum Gasteiger partial charge on any atom is 0.128 e. The van der Waals surface area contributed by atoms with E-state index in [0.29, 0.717) is 0 Å². The lowest BCUT2D eigenvalue weighted by Crippen LogP contribution is -2.59. The minimum atomic E-state index is 0.0145. The molecule has 1 aliphatic rings. The van der Waals surface area contributed by atoms with Gasteiger partial charge in [0.05, 0.1) is 0 Å². The van der Waals surface area contributed by atoms with Gasteiger partial charge in [0.25, 0.3) is 0 Å². The third-order valence-electron chi connectivity index (χ3n) is 3.49. The van der Waals surface area contributed by atoms with Crippen molar-refractivity contribution < 1.29 is 9.47 Å². The molecule has 3 nitrogen and oxygen atoms in total. The van der Waals surface area contributed by atoms with E-state index in [-0.39, 0.29) is 18.2 Å². The van der Waals surface area contributed by atoms with Crippen molar-refractivity contribution in [3.8, 4) is 5.75 Å². The van der Waals surface area contributed by atoms with Gasteiger partial charge in [-0.25, -0.2) is 0 Å². The Labute approximate surface area is 120 Å². The Balaban J connectivity index is 1.97. The Hall–Kier alpha value is -0.770. The second kappa shape index (κ2) is 6.60. The minimum absolute atomic E-state index is 0.0145. The Bertz CT molecular complexity index is 425. The lowest BCUT2D eigenvalue weighted by atomic mass is 9.86. The molecule has 3 unspecified atom stereocenters. The van der Waals surface area contributed by atoms with Crippen molar-refractivity contribution in [1.29, 1.82) is 0 Å². The van der Waals surface area contributed by atoms with Gasteiger partial charge in [0.2, 0.25) is 0 Å². The van der Waals surface area contributed by atoms with Gasteiger partial charge in [-0.3, -0.25) is 0 Å². The lowest BCUT2D eigenvalue weighted by Gasteiger charge is -2.41. The largest absolute Gasteiger partial charge is 0.488 e. The number of rotatable bonds is 6. The highest BCUT2D eigenvalue weighted by molar-refractivity contribution is 6.31. The van der Waals surface area contributed by atoms with Crippen molar-refractivity contribution in [3.63, 3.8) is 0 Å². The number of hydrogen-bond acceptors (Lipinski definition) is 3. The van der Waals surface area contributed by atoms with Gasteiger partial charge in [0.15, 0.2) is 0 Å². The van der Waals surface area contributed by atoms with Gasteiger partial charge >= 0.3 is 0 Å². The summed E-state index contributed by atoms with van der Waals surface area (Å²) in [5.41, 5.74) is 7.07. The maximum atomic E-state index is 6.10. The normalized spacial score (nSPS) is 26.0. The molecule has 0 radical (unpaired) electrons. The third kappa shape index (κ3) is 3.41. The van der Waals surface area contributed by atoms with Crippen LogP contribution in [0.1, 0.15) is 32.3 Å². The van der Waals surface area contributed by atoms with Crippen molar-refractivity contribution in [3.05, 3.63) is 28.8 Å². The zero-order chi connectivity index (χ0) is 13.8. The molecule has 2 rings (SSSR count). The molecule has 1 saturated carbocycles. The fourth-order valence-corrected chi connectivity index (χ4v) is 2.54. The number of aryl methyl sites for hydroxylation is 1. The van der Waals surface area contributed by atoms with E-state index in [4.69, 9.17) is 26.8 Å². The fraction of sp³-hybridized carbons (Fsp3) is 0.600. The van der Waals surface area contributed by atoms with E-state index in [1.165, 1.54) is 0 Å². The Morgan fingerprint density at radius 2 is 2.16 bits per heavy atom. The average molecular weight is 284 g/mol. The van der Waals surface area contributed by atoms with Crippen LogP contribution >= 0.6 is 11.6 Å². The monoisotopic (exact) mass is 283 g/mol. The van der Waals surface area contributed by atoms with E-state index in [1.807, 2.05) is 18.2 Å². The van der Waals surface area contributed by atoms with E-state index in [2.05, 4.69) is 13.8 Å². The topological polar surface area (TPSA) is 44.5 Å². The van der Waals surface area contributed by atoms with Crippen molar-refractivity contribution in [2.75, 3.05) is 6.61 Å². The van der Waals surface area contributed by atoms with E-state index < -0.39 is 0 Å².